The van der Waals surface area contributed by atoms with Gasteiger partial charge in [-0.15, -0.1) is 11.3 Å². The second-order valence-corrected chi connectivity index (χ2v) is 7.31. The average Bonchev–Trinajstić information content (AvgIpc) is 3.35. The summed E-state index contributed by atoms with van der Waals surface area (Å²) in [4.78, 5) is 21.0. The lowest BCUT2D eigenvalue weighted by atomic mass is 10.1. The Morgan fingerprint density at radius 1 is 1.29 bits per heavy atom. The van der Waals surface area contributed by atoms with Gasteiger partial charge in [0, 0.05) is 23.3 Å². The van der Waals surface area contributed by atoms with E-state index < -0.39 is 5.97 Å². The number of esters is 1. The van der Waals surface area contributed by atoms with Crippen molar-refractivity contribution in [2.24, 2.45) is 0 Å². The van der Waals surface area contributed by atoms with Gasteiger partial charge in [0.05, 0.1) is 23.2 Å². The minimum Gasteiger partial charge on any atom is -0.505 e. The van der Waals surface area contributed by atoms with Crippen molar-refractivity contribution in [2.75, 3.05) is 7.11 Å². The number of thiazole rings is 1. The number of ether oxygens (including phenoxy) is 1. The number of methoxy groups -OCH3 is 1. The maximum atomic E-state index is 11.6. The molecule has 2 N–H and O–H groups in total. The number of fused-ring (bicyclic) bond motifs is 1. The van der Waals surface area contributed by atoms with Crippen LogP contribution < -0.4 is 0 Å². The molecule has 4 aromatic rings. The van der Waals surface area contributed by atoms with Crippen LogP contribution >= 0.6 is 11.3 Å². The summed E-state index contributed by atoms with van der Waals surface area (Å²) in [6, 6.07) is 7.66. The molecule has 4 rings (SSSR count). The highest BCUT2D eigenvalue weighted by Crippen LogP contribution is 2.36. The Labute approximate surface area is 165 Å². The van der Waals surface area contributed by atoms with E-state index in [4.69, 9.17) is 0 Å². The Balaban J connectivity index is 1.71. The molecular weight excluding hydrogens is 376 g/mol. The molecule has 0 aliphatic rings. The second kappa shape index (κ2) is 7.40. The van der Waals surface area contributed by atoms with Gasteiger partial charge in [0.2, 0.25) is 0 Å². The fourth-order valence-corrected chi connectivity index (χ4v) is 4.01. The van der Waals surface area contributed by atoms with E-state index >= 15 is 0 Å². The Morgan fingerprint density at radius 2 is 2.14 bits per heavy atom. The van der Waals surface area contributed by atoms with Gasteiger partial charge in [-0.2, -0.15) is 5.10 Å². The van der Waals surface area contributed by atoms with Gasteiger partial charge in [-0.1, -0.05) is 31.5 Å². The molecule has 8 heteroatoms. The summed E-state index contributed by atoms with van der Waals surface area (Å²) in [6.07, 6.45) is 5.31. The first-order valence-corrected chi connectivity index (χ1v) is 9.64. The Kier molecular flexibility index (Phi) is 4.79. The van der Waals surface area contributed by atoms with E-state index in [0.29, 0.717) is 10.6 Å². The molecule has 0 aliphatic carbocycles. The number of hydrogen-bond acceptors (Lipinski definition) is 7. The van der Waals surface area contributed by atoms with Crippen LogP contribution in [-0.2, 0) is 11.2 Å². The van der Waals surface area contributed by atoms with Crippen molar-refractivity contribution in [1.29, 1.82) is 0 Å². The van der Waals surface area contributed by atoms with Crippen molar-refractivity contribution in [2.45, 2.75) is 19.8 Å². The number of pyridine rings is 1. The van der Waals surface area contributed by atoms with E-state index in [-0.39, 0.29) is 11.4 Å². The molecule has 0 amide bonds. The maximum absolute atomic E-state index is 11.6. The molecule has 0 unspecified atom stereocenters. The van der Waals surface area contributed by atoms with Crippen molar-refractivity contribution in [3.05, 3.63) is 47.9 Å². The number of carbonyl (C=O) groups excluding carboxylic acids is 1. The number of H-pyrrole nitrogens is 1. The van der Waals surface area contributed by atoms with Gasteiger partial charge in [0.15, 0.2) is 5.69 Å². The van der Waals surface area contributed by atoms with Crippen LogP contribution in [0.25, 0.3) is 32.0 Å². The van der Waals surface area contributed by atoms with E-state index in [1.807, 2.05) is 12.1 Å². The fraction of sp³-hybridized carbons (Fsp3) is 0.200. The van der Waals surface area contributed by atoms with E-state index in [9.17, 15) is 9.90 Å². The normalized spacial score (nSPS) is 11.1. The molecule has 3 aromatic heterocycles. The fourth-order valence-electron chi connectivity index (χ4n) is 3.10. The first kappa shape index (κ1) is 18.1. The lowest BCUT2D eigenvalue weighted by Crippen LogP contribution is -2.04. The topological polar surface area (TPSA) is 101 Å². The summed E-state index contributed by atoms with van der Waals surface area (Å²) in [7, 11) is 1.24. The molecule has 0 bridgehead atoms. The van der Waals surface area contributed by atoms with Crippen LogP contribution in [0.5, 0.6) is 5.75 Å². The van der Waals surface area contributed by atoms with Crippen molar-refractivity contribution in [1.82, 2.24) is 20.2 Å². The first-order chi connectivity index (χ1) is 13.6. The molecular formula is C20H18N4O3S. The molecule has 1 aromatic carbocycles. The van der Waals surface area contributed by atoms with E-state index in [1.165, 1.54) is 36.3 Å². The number of aryl methyl sites for hydroxylation is 1. The number of nitrogens with zero attached hydrogens (tertiary/aromatic N) is 3. The van der Waals surface area contributed by atoms with Gasteiger partial charge >= 0.3 is 5.97 Å². The van der Waals surface area contributed by atoms with Crippen LogP contribution in [0, 0.1) is 0 Å². The summed E-state index contributed by atoms with van der Waals surface area (Å²) in [5.74, 6) is -0.923. The highest BCUT2D eigenvalue weighted by molar-refractivity contribution is 7.18. The zero-order valence-corrected chi connectivity index (χ0v) is 16.2. The molecule has 7 nitrogen and oxygen atoms in total. The number of aromatic nitrogens is 4. The maximum Gasteiger partial charge on any atom is 0.360 e. The smallest absolute Gasteiger partial charge is 0.360 e. The monoisotopic (exact) mass is 394 g/mol. The second-order valence-electron chi connectivity index (χ2n) is 6.27. The molecule has 28 heavy (non-hydrogen) atoms. The van der Waals surface area contributed by atoms with Gasteiger partial charge in [-0.05, 0) is 18.1 Å². The molecule has 0 saturated heterocycles. The standard InChI is InChI=1S/C20H18N4O3S/c1-3-5-11-6-4-7-13-16(11)23-24-17(13)15-10-22-19(28-15)12-8-14(25)18(21-9-12)20(26)27-2/h4,6-10,25H,3,5H2,1-2H3,(H,23,24). The quantitative estimate of drug-likeness (QED) is 0.492. The highest BCUT2D eigenvalue weighted by Gasteiger charge is 2.17. The summed E-state index contributed by atoms with van der Waals surface area (Å²) in [6.45, 7) is 2.15. The minimum atomic E-state index is -0.685. The molecule has 0 atom stereocenters. The number of nitrogens with one attached hydrogen (secondary N) is 1. The summed E-state index contributed by atoms with van der Waals surface area (Å²) >= 11 is 1.46. The van der Waals surface area contributed by atoms with Crippen LogP contribution in [0.2, 0.25) is 0 Å². The van der Waals surface area contributed by atoms with Crippen molar-refractivity contribution >= 4 is 28.2 Å². The predicted octanol–water partition coefficient (Wildman–Crippen LogP) is 4.19. The number of aromatic hydroxyl groups is 1. The lowest BCUT2D eigenvalue weighted by Gasteiger charge is -2.03. The Morgan fingerprint density at radius 3 is 2.89 bits per heavy atom. The van der Waals surface area contributed by atoms with Crippen LogP contribution in [-0.4, -0.2) is 38.4 Å². The van der Waals surface area contributed by atoms with Crippen LogP contribution in [0.15, 0.2) is 36.7 Å². The zero-order chi connectivity index (χ0) is 19.7. The van der Waals surface area contributed by atoms with Crippen LogP contribution in [0.1, 0.15) is 29.4 Å². The average molecular weight is 394 g/mol. The summed E-state index contributed by atoms with van der Waals surface area (Å²) in [5, 5.41) is 19.4. The third kappa shape index (κ3) is 3.11. The van der Waals surface area contributed by atoms with Crippen molar-refractivity contribution < 1.29 is 14.6 Å². The third-order valence-corrected chi connectivity index (χ3v) is 5.50. The van der Waals surface area contributed by atoms with Gasteiger partial charge < -0.3 is 9.84 Å². The Bertz CT molecular complexity index is 1170. The number of rotatable bonds is 5. The van der Waals surface area contributed by atoms with Crippen molar-refractivity contribution in [3.63, 3.8) is 0 Å². The predicted molar refractivity (Wildman–Crippen MR) is 107 cm³/mol. The number of aromatic amines is 1. The highest BCUT2D eigenvalue weighted by atomic mass is 32.1. The summed E-state index contributed by atoms with van der Waals surface area (Å²) in [5.41, 5.74) is 3.62. The molecule has 0 spiro atoms. The van der Waals surface area contributed by atoms with E-state index in [2.05, 4.69) is 37.9 Å². The molecule has 142 valence electrons. The van der Waals surface area contributed by atoms with E-state index in [0.717, 1.165) is 34.3 Å². The van der Waals surface area contributed by atoms with Gasteiger partial charge in [0.1, 0.15) is 10.8 Å². The lowest BCUT2D eigenvalue weighted by molar-refractivity contribution is 0.0590. The van der Waals surface area contributed by atoms with Gasteiger partial charge in [-0.25, -0.2) is 14.8 Å². The molecule has 0 fully saturated rings. The first-order valence-electron chi connectivity index (χ1n) is 8.82. The molecule has 0 saturated carbocycles. The van der Waals surface area contributed by atoms with Gasteiger partial charge in [0.25, 0.3) is 0 Å². The molecule has 3 heterocycles. The number of hydrogen-bond donors (Lipinski definition) is 2. The third-order valence-electron chi connectivity index (χ3n) is 4.43. The summed E-state index contributed by atoms with van der Waals surface area (Å²) < 4.78 is 4.60. The number of para-hydroxylation sites is 1. The largest absolute Gasteiger partial charge is 0.505 e. The zero-order valence-electron chi connectivity index (χ0n) is 15.4. The molecule has 0 radical (unpaired) electrons. The van der Waals surface area contributed by atoms with Crippen LogP contribution in [0.4, 0.5) is 0 Å². The van der Waals surface area contributed by atoms with E-state index in [1.54, 1.807) is 6.20 Å². The minimum absolute atomic E-state index is 0.119. The number of benzene rings is 1. The Hall–Kier alpha value is -3.26. The molecule has 0 aliphatic heterocycles. The van der Waals surface area contributed by atoms with Gasteiger partial charge in [-0.3, -0.25) is 5.10 Å². The SMILES string of the molecule is CCCc1cccc2c(-c3cnc(-c4cnc(C(=O)OC)c(O)c4)s3)[nH]nc12. The van der Waals surface area contributed by atoms with Crippen LogP contribution in [0.3, 0.4) is 0 Å². The van der Waals surface area contributed by atoms with Crippen molar-refractivity contribution in [3.8, 4) is 26.9 Å². The number of carbonyl (C=O) groups is 1.